The normalized spacial score (nSPS) is 9.54. The molecule has 1 rings (SSSR count). The minimum Gasteiger partial charge on any atom is -0.330 e. The Morgan fingerprint density at radius 3 is 2.38 bits per heavy atom. The van der Waals surface area contributed by atoms with Crippen LogP contribution in [0.3, 0.4) is 0 Å². The summed E-state index contributed by atoms with van der Waals surface area (Å²) in [5.41, 5.74) is 5.68. The van der Waals surface area contributed by atoms with E-state index in [9.17, 15) is 8.78 Å². The van der Waals surface area contributed by atoms with Gasteiger partial charge in [0.1, 0.15) is 11.6 Å². The summed E-state index contributed by atoms with van der Waals surface area (Å²) < 4.78 is 25.9. The van der Waals surface area contributed by atoms with Gasteiger partial charge in [-0.3, -0.25) is 0 Å². The molecule has 0 spiro atoms. The van der Waals surface area contributed by atoms with Crippen molar-refractivity contribution in [3.8, 4) is 0 Å². The van der Waals surface area contributed by atoms with Crippen molar-refractivity contribution in [2.75, 3.05) is 6.54 Å². The third kappa shape index (κ3) is 3.21. The highest BCUT2D eigenvalue weighted by Crippen LogP contribution is 2.19. The zero-order chi connectivity index (χ0) is 9.14. The molecule has 74 valence electrons. The second-order valence-electron chi connectivity index (χ2n) is 2.40. The van der Waals surface area contributed by atoms with Crippen molar-refractivity contribution in [1.29, 1.82) is 0 Å². The van der Waals surface area contributed by atoms with E-state index in [2.05, 4.69) is 15.9 Å². The topological polar surface area (TPSA) is 26.0 Å². The molecule has 5 heteroatoms. The van der Waals surface area contributed by atoms with Crippen molar-refractivity contribution in [3.05, 3.63) is 33.8 Å². The molecule has 1 aromatic rings. The molecule has 0 heterocycles. The lowest BCUT2D eigenvalue weighted by atomic mass is 10.1. The number of benzene rings is 1. The van der Waals surface area contributed by atoms with Crippen molar-refractivity contribution < 1.29 is 8.78 Å². The van der Waals surface area contributed by atoms with Gasteiger partial charge in [-0.25, -0.2) is 8.78 Å². The summed E-state index contributed by atoms with van der Waals surface area (Å²) in [6, 6.07) is 2.27. The number of rotatable bonds is 2. The van der Waals surface area contributed by atoms with E-state index < -0.39 is 11.6 Å². The highest BCUT2D eigenvalue weighted by molar-refractivity contribution is 9.10. The first-order valence-corrected chi connectivity index (χ1v) is 4.28. The van der Waals surface area contributed by atoms with Crippen LogP contribution in [0.1, 0.15) is 5.56 Å². The van der Waals surface area contributed by atoms with Crippen LogP contribution in [-0.2, 0) is 6.42 Å². The lowest BCUT2D eigenvalue weighted by molar-refractivity contribution is 0.568. The van der Waals surface area contributed by atoms with Crippen LogP contribution in [-0.4, -0.2) is 6.54 Å². The van der Waals surface area contributed by atoms with Gasteiger partial charge in [0.25, 0.3) is 0 Å². The summed E-state index contributed by atoms with van der Waals surface area (Å²) in [5.74, 6) is -1.13. The molecule has 1 aromatic carbocycles. The van der Waals surface area contributed by atoms with Crippen LogP contribution in [0.15, 0.2) is 16.6 Å². The second-order valence-corrected chi connectivity index (χ2v) is 3.25. The van der Waals surface area contributed by atoms with Crippen LogP contribution >= 0.6 is 28.3 Å². The monoisotopic (exact) mass is 271 g/mol. The molecule has 0 fully saturated rings. The number of nitrogens with two attached hydrogens (primary N) is 1. The van der Waals surface area contributed by atoms with E-state index in [1.54, 1.807) is 0 Å². The van der Waals surface area contributed by atoms with E-state index in [-0.39, 0.29) is 16.9 Å². The Kier molecular flexibility index (Phi) is 5.44. The smallest absolute Gasteiger partial charge is 0.140 e. The molecule has 0 radical (unpaired) electrons. The molecule has 0 saturated heterocycles. The van der Waals surface area contributed by atoms with Crippen molar-refractivity contribution in [2.45, 2.75) is 6.42 Å². The van der Waals surface area contributed by atoms with Crippen LogP contribution < -0.4 is 5.73 Å². The molecule has 0 atom stereocenters. The zero-order valence-electron chi connectivity index (χ0n) is 6.69. The quantitative estimate of drug-likeness (QED) is 0.823. The fourth-order valence-corrected chi connectivity index (χ4v) is 1.30. The maximum atomic E-state index is 12.9. The summed E-state index contributed by atoms with van der Waals surface area (Å²) in [5, 5.41) is 0. The Balaban J connectivity index is 0.00000144. The average Bonchev–Trinajstić information content (AvgIpc) is 2.01. The summed E-state index contributed by atoms with van der Waals surface area (Å²) in [6.45, 7) is 0.356. The van der Waals surface area contributed by atoms with E-state index in [1.165, 1.54) is 6.07 Å². The SMILES string of the molecule is Cl.NCCc1cc(Br)c(F)cc1F. The Morgan fingerprint density at radius 1 is 1.23 bits per heavy atom. The molecule has 0 saturated carbocycles. The fraction of sp³-hybridized carbons (Fsp3) is 0.250. The van der Waals surface area contributed by atoms with Gasteiger partial charge in [0.15, 0.2) is 0 Å². The van der Waals surface area contributed by atoms with E-state index in [0.29, 0.717) is 18.5 Å². The van der Waals surface area contributed by atoms with Gasteiger partial charge in [-0.05, 0) is 40.5 Å². The average molecular weight is 273 g/mol. The molecular weight excluding hydrogens is 263 g/mol. The van der Waals surface area contributed by atoms with Crippen LogP contribution in [0.25, 0.3) is 0 Å². The van der Waals surface area contributed by atoms with Gasteiger partial charge >= 0.3 is 0 Å². The maximum Gasteiger partial charge on any atom is 0.140 e. The molecule has 2 N–H and O–H groups in total. The lowest BCUT2D eigenvalue weighted by Gasteiger charge is -2.02. The number of hydrogen-bond donors (Lipinski definition) is 1. The highest BCUT2D eigenvalue weighted by atomic mass is 79.9. The van der Waals surface area contributed by atoms with Gasteiger partial charge < -0.3 is 5.73 Å². The summed E-state index contributed by atoms with van der Waals surface area (Å²) >= 11 is 2.97. The molecule has 13 heavy (non-hydrogen) atoms. The maximum absolute atomic E-state index is 12.9. The Labute approximate surface area is 89.9 Å². The van der Waals surface area contributed by atoms with Crippen molar-refractivity contribution in [3.63, 3.8) is 0 Å². The van der Waals surface area contributed by atoms with Crippen molar-refractivity contribution in [2.24, 2.45) is 5.73 Å². The van der Waals surface area contributed by atoms with Gasteiger partial charge in [0.05, 0.1) is 4.47 Å². The lowest BCUT2D eigenvalue weighted by Crippen LogP contribution is -2.04. The van der Waals surface area contributed by atoms with E-state index in [4.69, 9.17) is 5.73 Å². The Bertz CT molecular complexity index is 294. The minimum atomic E-state index is -0.590. The molecule has 0 bridgehead atoms. The molecule has 0 amide bonds. The van der Waals surface area contributed by atoms with Gasteiger partial charge in [-0.15, -0.1) is 12.4 Å². The second kappa shape index (κ2) is 5.52. The van der Waals surface area contributed by atoms with Gasteiger partial charge in [-0.1, -0.05) is 0 Å². The van der Waals surface area contributed by atoms with Crippen molar-refractivity contribution in [1.82, 2.24) is 0 Å². The van der Waals surface area contributed by atoms with Crippen molar-refractivity contribution >= 4 is 28.3 Å². The molecular formula is C8H9BrClF2N. The fourth-order valence-electron chi connectivity index (χ4n) is 0.911. The van der Waals surface area contributed by atoms with Crippen LogP contribution in [0.2, 0.25) is 0 Å². The largest absolute Gasteiger partial charge is 0.330 e. The predicted molar refractivity (Wildman–Crippen MR) is 54.1 cm³/mol. The van der Waals surface area contributed by atoms with E-state index in [0.717, 1.165) is 6.07 Å². The summed E-state index contributed by atoms with van der Waals surface area (Å²) in [4.78, 5) is 0. The first-order valence-electron chi connectivity index (χ1n) is 3.48. The third-order valence-corrected chi connectivity index (χ3v) is 2.11. The van der Waals surface area contributed by atoms with Gasteiger partial charge in [-0.2, -0.15) is 0 Å². The molecule has 0 aliphatic carbocycles. The van der Waals surface area contributed by atoms with Gasteiger partial charge in [0.2, 0.25) is 0 Å². The summed E-state index contributed by atoms with van der Waals surface area (Å²) in [6.07, 6.45) is 0.421. The first kappa shape index (κ1) is 12.8. The van der Waals surface area contributed by atoms with E-state index in [1.807, 2.05) is 0 Å². The Morgan fingerprint density at radius 2 is 1.85 bits per heavy atom. The molecule has 0 aliphatic heterocycles. The molecule has 0 aliphatic rings. The standard InChI is InChI=1S/C8H8BrF2N.ClH/c9-6-3-5(1-2-12)7(10)4-8(6)11;/h3-4H,1-2,12H2;1H. The van der Waals surface area contributed by atoms with Crippen LogP contribution in [0.4, 0.5) is 8.78 Å². The van der Waals surface area contributed by atoms with Gasteiger partial charge in [0, 0.05) is 6.07 Å². The first-order chi connectivity index (χ1) is 5.65. The third-order valence-electron chi connectivity index (χ3n) is 1.50. The number of hydrogen-bond acceptors (Lipinski definition) is 1. The number of halogens is 4. The minimum absolute atomic E-state index is 0. The molecule has 0 aromatic heterocycles. The zero-order valence-corrected chi connectivity index (χ0v) is 9.09. The molecule has 1 nitrogen and oxygen atoms in total. The van der Waals surface area contributed by atoms with Crippen LogP contribution in [0.5, 0.6) is 0 Å². The molecule has 0 unspecified atom stereocenters. The van der Waals surface area contributed by atoms with Crippen LogP contribution in [0, 0.1) is 11.6 Å². The van der Waals surface area contributed by atoms with E-state index >= 15 is 0 Å². The summed E-state index contributed by atoms with van der Waals surface area (Å²) in [7, 11) is 0. The Hall–Kier alpha value is -0.190. The highest BCUT2D eigenvalue weighted by Gasteiger charge is 2.06. The predicted octanol–water partition coefficient (Wildman–Crippen LogP) is 2.65.